The first-order chi connectivity index (χ1) is 7.91. The topological polar surface area (TPSA) is 0 Å². The summed E-state index contributed by atoms with van der Waals surface area (Å²) in [7, 11) is 0. The zero-order chi connectivity index (χ0) is 15.4. The Labute approximate surface area is 149 Å². The molecule has 0 rings (SSSR count). The fraction of sp³-hybridized carbons (Fsp3) is 1.00. The van der Waals surface area contributed by atoms with E-state index in [2.05, 4.69) is 101 Å². The van der Waals surface area contributed by atoms with Crippen LogP contribution in [-0.2, 0) is 0 Å². The van der Waals surface area contributed by atoms with E-state index in [-0.39, 0.29) is 0 Å². The molecule has 0 aliphatic carbocycles. The summed E-state index contributed by atoms with van der Waals surface area (Å²) >= 11 is 28.9. The minimum Gasteiger partial charge on any atom is -0.183 e. The lowest BCUT2D eigenvalue weighted by molar-refractivity contribution is 1.59. The van der Waals surface area contributed by atoms with E-state index in [4.69, 9.17) is 0 Å². The lowest BCUT2D eigenvalue weighted by atomic mass is 11.0. The van der Waals surface area contributed by atoms with Crippen LogP contribution in [0.1, 0.15) is 0 Å². The molecule has 0 heterocycles. The number of rotatable bonds is 1. The van der Waals surface area contributed by atoms with Crippen molar-refractivity contribution in [2.75, 3.05) is 49.0 Å². The molecule has 0 bridgehead atoms. The second kappa shape index (κ2) is 218. The molecule has 0 spiro atoms. The van der Waals surface area contributed by atoms with E-state index in [0.717, 1.165) is 11.5 Å². The Hall–Kier alpha value is 2.80. The van der Waals surface area contributed by atoms with Gasteiger partial charge in [-0.1, -0.05) is 0 Å². The number of hydrogen-bond acceptors (Lipinski definition) is 8. The second-order valence-corrected chi connectivity index (χ2v) is 1.34. The molecule has 0 N–H and O–H groups in total. The first-order valence-electron chi connectivity index (χ1n) is 3.82. The second-order valence-electron chi connectivity index (χ2n) is 0.447. The molecule has 0 saturated heterocycles. The van der Waals surface area contributed by atoms with Crippen molar-refractivity contribution in [2.24, 2.45) is 0 Å². The third-order valence-electron chi connectivity index (χ3n) is 0.1000. The zero-order valence-corrected chi connectivity index (χ0v) is 18.1. The number of thiol groups is 8. The maximum atomic E-state index is 3.84. The molecule has 0 amide bonds. The largest absolute Gasteiger partial charge is 0.183 e. The van der Waals surface area contributed by atoms with Gasteiger partial charge in [0.2, 0.25) is 0 Å². The smallest absolute Gasteiger partial charge is 0.000932 e. The summed E-state index contributed by atoms with van der Waals surface area (Å²) in [6.45, 7) is 0. The highest BCUT2D eigenvalue weighted by atomic mass is 32.1. The van der Waals surface area contributed by atoms with Crippen LogP contribution in [0.4, 0.5) is 0 Å². The van der Waals surface area contributed by atoms with Gasteiger partial charge in [-0.25, -0.2) is 0 Å². The summed E-state index contributed by atoms with van der Waals surface area (Å²) in [5.74, 6) is 1.76. The maximum Gasteiger partial charge on any atom is -0.000932 e. The molecule has 0 unspecified atom stereocenters. The SMILES string of the molecule is CS.CS.CS.CS.CS.CS.SCCS. The molecular weight excluding hydrogens is 353 g/mol. The first-order valence-corrected chi connectivity index (χ1v) is 10.4. The van der Waals surface area contributed by atoms with Crippen molar-refractivity contribution in [2.45, 2.75) is 0 Å². The Morgan fingerprint density at radius 1 is 0.375 bits per heavy atom. The highest BCUT2D eigenvalue weighted by molar-refractivity contribution is 7.84. The average molecular weight is 383 g/mol. The van der Waals surface area contributed by atoms with Crippen molar-refractivity contribution in [3.8, 4) is 0 Å². The normalized spacial score (nSPS) is 4.12. The van der Waals surface area contributed by atoms with Gasteiger partial charge in [-0.2, -0.15) is 101 Å². The lowest BCUT2D eigenvalue weighted by Gasteiger charge is -1.67. The Bertz CT molecular complexity index is 18.0. The van der Waals surface area contributed by atoms with E-state index in [1.165, 1.54) is 0 Å². The molecule has 0 fully saturated rings. The summed E-state index contributed by atoms with van der Waals surface area (Å²) in [6, 6.07) is 0. The highest BCUT2D eigenvalue weighted by Gasteiger charge is 1.57. The minimum atomic E-state index is 0.878. The predicted octanol–water partition coefficient (Wildman–Crippen LogP) is 4.12. The van der Waals surface area contributed by atoms with Crippen LogP contribution in [0.3, 0.4) is 0 Å². The molecule has 0 aromatic heterocycles. The van der Waals surface area contributed by atoms with Crippen LogP contribution < -0.4 is 0 Å². The van der Waals surface area contributed by atoms with E-state index in [1.807, 2.05) is 0 Å². The summed E-state index contributed by atoms with van der Waals surface area (Å²) in [4.78, 5) is 0. The molecule has 0 aromatic rings. The Kier molecular flexibility index (Phi) is 583. The van der Waals surface area contributed by atoms with Gasteiger partial charge in [-0.3, -0.25) is 0 Å². The summed E-state index contributed by atoms with van der Waals surface area (Å²) in [5.41, 5.74) is 0. The molecule has 8 heteroatoms. The van der Waals surface area contributed by atoms with Gasteiger partial charge in [0.25, 0.3) is 0 Å². The van der Waals surface area contributed by atoms with Crippen LogP contribution in [0, 0.1) is 0 Å². The van der Waals surface area contributed by atoms with Gasteiger partial charge >= 0.3 is 0 Å². The van der Waals surface area contributed by atoms with Crippen molar-refractivity contribution in [1.82, 2.24) is 0 Å². The summed E-state index contributed by atoms with van der Waals surface area (Å²) in [5, 5.41) is 0. The predicted molar refractivity (Wildman–Crippen MR) is 117 cm³/mol. The van der Waals surface area contributed by atoms with Gasteiger partial charge in [0.15, 0.2) is 0 Å². The quantitative estimate of drug-likeness (QED) is 0.307. The standard InChI is InChI=1S/C2H6S2.6CH4S/c3-1-2-4;6*1-2/h3-4H,1-2H2;6*2H,1H3. The molecule has 0 atom stereocenters. The third kappa shape index (κ3) is 290. The van der Waals surface area contributed by atoms with Gasteiger partial charge < -0.3 is 0 Å². The van der Waals surface area contributed by atoms with Gasteiger partial charge in [0, 0.05) is 0 Å². The number of hydrogen-bond donors (Lipinski definition) is 8. The van der Waals surface area contributed by atoms with E-state index in [1.54, 1.807) is 37.5 Å². The highest BCUT2D eigenvalue weighted by Crippen LogP contribution is 1.73. The monoisotopic (exact) mass is 382 g/mol. The van der Waals surface area contributed by atoms with Crippen molar-refractivity contribution in [3.05, 3.63) is 0 Å². The van der Waals surface area contributed by atoms with Crippen LogP contribution in [0.5, 0.6) is 0 Å². The summed E-state index contributed by atoms with van der Waals surface area (Å²) in [6.07, 6.45) is 10.2. The third-order valence-corrected chi connectivity index (χ3v) is 0.900. The van der Waals surface area contributed by atoms with Crippen LogP contribution in [0.15, 0.2) is 0 Å². The summed E-state index contributed by atoms with van der Waals surface area (Å²) < 4.78 is 0. The zero-order valence-electron chi connectivity index (χ0n) is 11.0. The Balaban J connectivity index is -0.0000000122. The lowest BCUT2D eigenvalue weighted by Crippen LogP contribution is -1.64. The van der Waals surface area contributed by atoms with Gasteiger partial charge in [-0.05, 0) is 49.0 Å². The van der Waals surface area contributed by atoms with Gasteiger partial charge in [-0.15, -0.1) is 0 Å². The molecule has 0 radical (unpaired) electrons. The molecular formula is C8H30S8. The molecule has 0 aliphatic heterocycles. The Morgan fingerprint density at radius 3 is 0.438 bits per heavy atom. The molecule has 0 aliphatic rings. The van der Waals surface area contributed by atoms with Gasteiger partial charge in [0.1, 0.15) is 0 Å². The van der Waals surface area contributed by atoms with Crippen LogP contribution in [0.25, 0.3) is 0 Å². The molecule has 110 valence electrons. The van der Waals surface area contributed by atoms with Crippen molar-refractivity contribution >= 4 is 101 Å². The van der Waals surface area contributed by atoms with Crippen LogP contribution >= 0.6 is 101 Å². The van der Waals surface area contributed by atoms with E-state index >= 15 is 0 Å². The van der Waals surface area contributed by atoms with Crippen molar-refractivity contribution in [1.29, 1.82) is 0 Å². The molecule has 0 nitrogen and oxygen atoms in total. The van der Waals surface area contributed by atoms with E-state index in [9.17, 15) is 0 Å². The fourth-order valence-electron chi connectivity index (χ4n) is 0. The van der Waals surface area contributed by atoms with E-state index < -0.39 is 0 Å². The molecule has 16 heavy (non-hydrogen) atoms. The molecule has 0 saturated carbocycles. The van der Waals surface area contributed by atoms with Gasteiger partial charge in [0.05, 0.1) is 0 Å². The molecule has 0 aromatic carbocycles. The van der Waals surface area contributed by atoms with Crippen molar-refractivity contribution in [3.63, 3.8) is 0 Å². The maximum absolute atomic E-state index is 3.84. The van der Waals surface area contributed by atoms with Crippen LogP contribution in [-0.4, -0.2) is 49.0 Å². The first kappa shape index (κ1) is 42.8. The van der Waals surface area contributed by atoms with Crippen molar-refractivity contribution < 1.29 is 0 Å². The average Bonchev–Trinajstić information content (AvgIpc) is 2.51. The van der Waals surface area contributed by atoms with E-state index in [0.29, 0.717) is 0 Å². The van der Waals surface area contributed by atoms with Crippen LogP contribution in [0.2, 0.25) is 0 Å². The minimum absolute atomic E-state index is 0.878. The Morgan fingerprint density at radius 2 is 0.438 bits per heavy atom. The fourth-order valence-corrected chi connectivity index (χ4v) is 0.